The van der Waals surface area contributed by atoms with E-state index in [1.54, 1.807) is 32.4 Å². The molecule has 2 rings (SSSR count). The summed E-state index contributed by atoms with van der Waals surface area (Å²) in [6.07, 6.45) is 1.72. The second kappa shape index (κ2) is 8.03. The van der Waals surface area contributed by atoms with Gasteiger partial charge in [0.2, 0.25) is 0 Å². The Kier molecular flexibility index (Phi) is 6.06. The first-order valence-electron chi connectivity index (χ1n) is 6.92. The molecule has 22 heavy (non-hydrogen) atoms. The summed E-state index contributed by atoms with van der Waals surface area (Å²) in [6.45, 7) is 0.916. The number of aromatic nitrogens is 1. The van der Waals surface area contributed by atoms with Gasteiger partial charge in [-0.25, -0.2) is 0 Å². The van der Waals surface area contributed by atoms with Crippen LogP contribution in [0.3, 0.4) is 0 Å². The van der Waals surface area contributed by atoms with Crippen LogP contribution in [0.1, 0.15) is 26.3 Å². The highest BCUT2D eigenvalue weighted by atomic mass is 32.1. The summed E-state index contributed by atoms with van der Waals surface area (Å²) in [7, 11) is 5.04. The van der Waals surface area contributed by atoms with Crippen LogP contribution in [0.5, 0.6) is 0 Å². The Hall–Kier alpha value is -1.76. The number of thiophene rings is 1. The highest BCUT2D eigenvalue weighted by molar-refractivity contribution is 7.14. The predicted molar refractivity (Wildman–Crippen MR) is 86.0 cm³/mol. The topological polar surface area (TPSA) is 51.7 Å². The molecule has 0 unspecified atom stereocenters. The van der Waals surface area contributed by atoms with E-state index in [0.29, 0.717) is 18.1 Å². The van der Waals surface area contributed by atoms with Gasteiger partial charge in [-0.2, -0.15) is 0 Å². The zero-order valence-electron chi connectivity index (χ0n) is 13.0. The Morgan fingerprint density at radius 1 is 1.27 bits per heavy atom. The van der Waals surface area contributed by atoms with Crippen LogP contribution in [-0.4, -0.2) is 43.7 Å². The SMILES string of the molecule is COCc1ccc(C(=O)N(C)[C@H](COC)c2ccccn2)s1. The fourth-order valence-electron chi connectivity index (χ4n) is 2.15. The van der Waals surface area contributed by atoms with E-state index >= 15 is 0 Å². The minimum Gasteiger partial charge on any atom is -0.382 e. The van der Waals surface area contributed by atoms with Gasteiger partial charge in [-0.1, -0.05) is 6.07 Å². The average Bonchev–Trinajstić information content (AvgIpc) is 3.01. The van der Waals surface area contributed by atoms with Gasteiger partial charge in [0.15, 0.2) is 0 Å². The molecule has 0 bridgehead atoms. The van der Waals surface area contributed by atoms with Gasteiger partial charge in [0, 0.05) is 32.3 Å². The molecule has 0 saturated carbocycles. The lowest BCUT2D eigenvalue weighted by atomic mass is 10.1. The molecule has 0 spiro atoms. The van der Waals surface area contributed by atoms with Gasteiger partial charge in [0.1, 0.15) is 0 Å². The van der Waals surface area contributed by atoms with Crippen LogP contribution in [0.25, 0.3) is 0 Å². The predicted octanol–water partition coefficient (Wildman–Crippen LogP) is 2.75. The van der Waals surface area contributed by atoms with Crippen LogP contribution < -0.4 is 0 Å². The zero-order chi connectivity index (χ0) is 15.9. The van der Waals surface area contributed by atoms with E-state index in [1.807, 2.05) is 30.3 Å². The largest absolute Gasteiger partial charge is 0.382 e. The quantitative estimate of drug-likeness (QED) is 0.787. The number of pyridine rings is 1. The van der Waals surface area contributed by atoms with Gasteiger partial charge in [0.25, 0.3) is 5.91 Å². The van der Waals surface area contributed by atoms with Gasteiger partial charge in [0.05, 0.1) is 29.8 Å². The molecule has 2 aromatic heterocycles. The van der Waals surface area contributed by atoms with E-state index in [4.69, 9.17) is 9.47 Å². The maximum Gasteiger partial charge on any atom is 0.264 e. The number of methoxy groups -OCH3 is 2. The summed E-state index contributed by atoms with van der Waals surface area (Å²) in [5, 5.41) is 0. The highest BCUT2D eigenvalue weighted by Crippen LogP contribution is 2.24. The first-order valence-corrected chi connectivity index (χ1v) is 7.73. The number of amides is 1. The lowest BCUT2D eigenvalue weighted by Crippen LogP contribution is -2.33. The maximum atomic E-state index is 12.7. The third-order valence-corrected chi connectivity index (χ3v) is 4.35. The first kappa shape index (κ1) is 16.6. The number of hydrogen-bond acceptors (Lipinski definition) is 5. The number of rotatable bonds is 7. The molecule has 118 valence electrons. The third-order valence-electron chi connectivity index (χ3n) is 3.30. The standard InChI is InChI=1S/C16H20N2O3S/c1-18(14(11-21-3)13-6-4-5-9-17-13)16(19)15-8-7-12(22-15)10-20-2/h4-9,14H,10-11H2,1-3H3/t14-/m1/s1. The second-order valence-corrected chi connectivity index (χ2v) is 6.01. The molecular weight excluding hydrogens is 300 g/mol. The Morgan fingerprint density at radius 3 is 2.73 bits per heavy atom. The Morgan fingerprint density at radius 2 is 2.09 bits per heavy atom. The molecule has 5 nitrogen and oxygen atoms in total. The Labute approximate surface area is 134 Å². The van der Waals surface area contributed by atoms with Crippen molar-refractivity contribution in [2.24, 2.45) is 0 Å². The summed E-state index contributed by atoms with van der Waals surface area (Å²) < 4.78 is 10.4. The lowest BCUT2D eigenvalue weighted by molar-refractivity contribution is 0.0599. The average molecular weight is 320 g/mol. The van der Waals surface area contributed by atoms with Crippen molar-refractivity contribution in [2.45, 2.75) is 12.6 Å². The van der Waals surface area contributed by atoms with Gasteiger partial charge in [-0.15, -0.1) is 11.3 Å². The van der Waals surface area contributed by atoms with E-state index in [0.717, 1.165) is 10.6 Å². The number of carbonyl (C=O) groups excluding carboxylic acids is 1. The summed E-state index contributed by atoms with van der Waals surface area (Å²) in [6, 6.07) is 9.20. The molecular formula is C16H20N2O3S. The van der Waals surface area contributed by atoms with Crippen molar-refractivity contribution < 1.29 is 14.3 Å². The molecule has 0 aliphatic heterocycles. The molecule has 1 atom stereocenters. The van der Waals surface area contributed by atoms with Crippen LogP contribution in [0.4, 0.5) is 0 Å². The molecule has 2 aromatic rings. The van der Waals surface area contributed by atoms with E-state index in [2.05, 4.69) is 4.98 Å². The number of carbonyl (C=O) groups is 1. The number of likely N-dealkylation sites (N-methyl/N-ethyl adjacent to an activating group) is 1. The van der Waals surface area contributed by atoms with Crippen molar-refractivity contribution in [1.29, 1.82) is 0 Å². The number of ether oxygens (including phenoxy) is 2. The van der Waals surface area contributed by atoms with Crippen molar-refractivity contribution >= 4 is 17.2 Å². The van der Waals surface area contributed by atoms with Crippen molar-refractivity contribution in [3.63, 3.8) is 0 Å². The molecule has 0 N–H and O–H groups in total. The summed E-state index contributed by atoms with van der Waals surface area (Å²) in [5.41, 5.74) is 0.814. The maximum absolute atomic E-state index is 12.7. The molecule has 0 aromatic carbocycles. The molecule has 0 fully saturated rings. The summed E-state index contributed by atoms with van der Waals surface area (Å²) >= 11 is 1.45. The molecule has 0 radical (unpaired) electrons. The Bertz CT molecular complexity index is 600. The van der Waals surface area contributed by atoms with E-state index < -0.39 is 0 Å². The minimum atomic E-state index is -0.216. The minimum absolute atomic E-state index is 0.0416. The van der Waals surface area contributed by atoms with Gasteiger partial charge in [-0.3, -0.25) is 9.78 Å². The first-order chi connectivity index (χ1) is 10.7. The van der Waals surface area contributed by atoms with Crippen LogP contribution in [-0.2, 0) is 16.1 Å². The van der Waals surface area contributed by atoms with Gasteiger partial charge >= 0.3 is 0 Å². The van der Waals surface area contributed by atoms with Crippen LogP contribution >= 0.6 is 11.3 Å². The van der Waals surface area contributed by atoms with Crippen LogP contribution in [0, 0.1) is 0 Å². The molecule has 0 aliphatic carbocycles. The van der Waals surface area contributed by atoms with Crippen molar-refractivity contribution in [2.75, 3.05) is 27.9 Å². The van der Waals surface area contributed by atoms with Crippen molar-refractivity contribution in [3.8, 4) is 0 Å². The fourth-order valence-corrected chi connectivity index (χ4v) is 3.12. The van der Waals surface area contributed by atoms with E-state index in [1.165, 1.54) is 11.3 Å². The summed E-state index contributed by atoms with van der Waals surface area (Å²) in [5.74, 6) is -0.0416. The van der Waals surface area contributed by atoms with Crippen LogP contribution in [0.15, 0.2) is 36.5 Å². The summed E-state index contributed by atoms with van der Waals surface area (Å²) in [4.78, 5) is 20.4. The normalized spacial score (nSPS) is 12.1. The lowest BCUT2D eigenvalue weighted by Gasteiger charge is -2.26. The third kappa shape index (κ3) is 3.91. The monoisotopic (exact) mass is 320 g/mol. The van der Waals surface area contributed by atoms with Crippen molar-refractivity contribution in [3.05, 3.63) is 52.0 Å². The number of nitrogens with zero attached hydrogens (tertiary/aromatic N) is 2. The van der Waals surface area contributed by atoms with E-state index in [9.17, 15) is 4.79 Å². The molecule has 0 saturated heterocycles. The molecule has 6 heteroatoms. The molecule has 0 aliphatic rings. The van der Waals surface area contributed by atoms with E-state index in [-0.39, 0.29) is 11.9 Å². The molecule has 2 heterocycles. The fraction of sp³-hybridized carbons (Fsp3) is 0.375. The zero-order valence-corrected chi connectivity index (χ0v) is 13.8. The highest BCUT2D eigenvalue weighted by Gasteiger charge is 2.24. The Balaban J connectivity index is 2.18. The van der Waals surface area contributed by atoms with Gasteiger partial charge in [-0.05, 0) is 24.3 Å². The number of hydrogen-bond donors (Lipinski definition) is 0. The van der Waals surface area contributed by atoms with Crippen LogP contribution in [0.2, 0.25) is 0 Å². The van der Waals surface area contributed by atoms with Crippen molar-refractivity contribution in [1.82, 2.24) is 9.88 Å². The second-order valence-electron chi connectivity index (χ2n) is 4.84. The van der Waals surface area contributed by atoms with Gasteiger partial charge < -0.3 is 14.4 Å². The molecule has 1 amide bonds. The smallest absolute Gasteiger partial charge is 0.264 e.